The molecule has 0 spiro atoms. The van der Waals surface area contributed by atoms with Crippen molar-refractivity contribution >= 4 is 17.5 Å². The van der Waals surface area contributed by atoms with Crippen molar-refractivity contribution in [3.63, 3.8) is 0 Å². The molecule has 5 heteroatoms. The molecule has 2 unspecified atom stereocenters. The maximum absolute atomic E-state index is 13.2. The number of rotatable bonds is 5. The van der Waals surface area contributed by atoms with Gasteiger partial charge in [-0.1, -0.05) is 26.2 Å². The normalized spacial score (nSPS) is 22.4. The van der Waals surface area contributed by atoms with Crippen LogP contribution in [0.4, 0.5) is 21.8 Å². The first-order valence-electron chi connectivity index (χ1n) is 10.4. The van der Waals surface area contributed by atoms with Crippen molar-refractivity contribution < 1.29 is 4.39 Å². The topological polar surface area (TPSA) is 41.1 Å². The maximum Gasteiger partial charge on any atom is 0.229 e. The Bertz CT molecular complexity index is 759. The monoisotopic (exact) mass is 368 g/mol. The zero-order valence-corrected chi connectivity index (χ0v) is 16.1. The van der Waals surface area contributed by atoms with Crippen molar-refractivity contribution in [2.75, 3.05) is 16.8 Å². The summed E-state index contributed by atoms with van der Waals surface area (Å²) in [6.07, 6.45) is 9.92. The van der Waals surface area contributed by atoms with Gasteiger partial charge in [-0.3, -0.25) is 0 Å². The molecule has 1 aromatic carbocycles. The van der Waals surface area contributed by atoms with E-state index in [0.717, 1.165) is 42.5 Å². The van der Waals surface area contributed by atoms with E-state index in [4.69, 9.17) is 9.97 Å². The molecule has 2 fully saturated rings. The molecule has 2 atom stereocenters. The number of anilines is 3. The lowest BCUT2D eigenvalue weighted by Crippen LogP contribution is -2.47. The van der Waals surface area contributed by atoms with E-state index in [1.165, 1.54) is 50.7 Å². The predicted molar refractivity (Wildman–Crippen MR) is 108 cm³/mol. The number of nitrogens with zero attached hydrogens (tertiary/aromatic N) is 3. The molecular weight excluding hydrogens is 339 g/mol. The van der Waals surface area contributed by atoms with Gasteiger partial charge in [0.25, 0.3) is 0 Å². The molecule has 1 saturated heterocycles. The molecule has 1 saturated carbocycles. The highest BCUT2D eigenvalue weighted by molar-refractivity contribution is 5.56. The molecule has 27 heavy (non-hydrogen) atoms. The standard InChI is InChI=1S/C22H29FN4/c1-2-6-19-15-21(27-14-5-8-16-7-3-4-9-20(16)27)26-22(25-19)24-18-12-10-17(23)11-13-18/h10-13,15-16,20H,2-9,14H2,1H3,(H,24,25,26). The Morgan fingerprint density at radius 1 is 1.07 bits per heavy atom. The van der Waals surface area contributed by atoms with Gasteiger partial charge in [0.15, 0.2) is 0 Å². The molecule has 0 amide bonds. The molecule has 144 valence electrons. The summed E-state index contributed by atoms with van der Waals surface area (Å²) in [5.41, 5.74) is 1.88. The van der Waals surface area contributed by atoms with E-state index in [2.05, 4.69) is 23.2 Å². The van der Waals surface area contributed by atoms with Crippen molar-refractivity contribution in [1.82, 2.24) is 9.97 Å². The summed E-state index contributed by atoms with van der Waals surface area (Å²) < 4.78 is 13.2. The molecule has 1 aromatic heterocycles. The minimum Gasteiger partial charge on any atom is -0.353 e. The number of benzene rings is 1. The van der Waals surface area contributed by atoms with Gasteiger partial charge < -0.3 is 10.2 Å². The fourth-order valence-corrected chi connectivity index (χ4v) is 4.64. The Hall–Kier alpha value is -2.17. The SMILES string of the molecule is CCCc1cc(N2CCCC3CCCCC32)nc(Nc2ccc(F)cc2)n1. The number of halogens is 1. The molecule has 2 heterocycles. The zero-order valence-electron chi connectivity index (χ0n) is 16.1. The van der Waals surface area contributed by atoms with Crippen LogP contribution in [0.2, 0.25) is 0 Å². The molecule has 0 bridgehead atoms. The summed E-state index contributed by atoms with van der Waals surface area (Å²) in [6, 6.07) is 9.16. The minimum absolute atomic E-state index is 0.237. The van der Waals surface area contributed by atoms with Gasteiger partial charge in [0.2, 0.25) is 5.95 Å². The van der Waals surface area contributed by atoms with Crippen LogP contribution in [0.25, 0.3) is 0 Å². The number of hydrogen-bond acceptors (Lipinski definition) is 4. The number of nitrogens with one attached hydrogen (secondary N) is 1. The van der Waals surface area contributed by atoms with Crippen LogP contribution in [-0.4, -0.2) is 22.6 Å². The first-order chi connectivity index (χ1) is 13.2. The average molecular weight is 368 g/mol. The van der Waals surface area contributed by atoms with Crippen LogP contribution in [0, 0.1) is 11.7 Å². The van der Waals surface area contributed by atoms with Gasteiger partial charge in [-0.15, -0.1) is 0 Å². The van der Waals surface area contributed by atoms with E-state index in [1.807, 2.05) is 0 Å². The summed E-state index contributed by atoms with van der Waals surface area (Å²) in [5.74, 6) is 2.24. The first kappa shape index (κ1) is 18.2. The number of aromatic nitrogens is 2. The second-order valence-corrected chi connectivity index (χ2v) is 7.87. The number of hydrogen-bond donors (Lipinski definition) is 1. The molecule has 0 radical (unpaired) electrons. The highest BCUT2D eigenvalue weighted by atomic mass is 19.1. The molecule has 1 aliphatic heterocycles. The molecule has 2 aromatic rings. The molecule has 2 aliphatic rings. The van der Waals surface area contributed by atoms with E-state index < -0.39 is 0 Å². The van der Waals surface area contributed by atoms with Crippen molar-refractivity contribution in [2.24, 2.45) is 5.92 Å². The molecule has 1 N–H and O–H groups in total. The lowest BCUT2D eigenvalue weighted by molar-refractivity contribution is 0.242. The fourth-order valence-electron chi connectivity index (χ4n) is 4.64. The van der Waals surface area contributed by atoms with Gasteiger partial charge in [0.05, 0.1) is 0 Å². The molecule has 4 rings (SSSR count). The Morgan fingerprint density at radius 3 is 2.67 bits per heavy atom. The summed E-state index contributed by atoms with van der Waals surface area (Å²) in [4.78, 5) is 12.1. The van der Waals surface area contributed by atoms with Gasteiger partial charge in [-0.05, 0) is 62.3 Å². The molecule has 4 nitrogen and oxygen atoms in total. The third kappa shape index (κ3) is 4.23. The quantitative estimate of drug-likeness (QED) is 0.760. The van der Waals surface area contributed by atoms with Crippen molar-refractivity contribution in [2.45, 2.75) is 64.3 Å². The number of aryl methyl sites for hydroxylation is 1. The van der Waals surface area contributed by atoms with Crippen molar-refractivity contribution in [3.8, 4) is 0 Å². The highest BCUT2D eigenvalue weighted by Crippen LogP contribution is 2.37. The lowest BCUT2D eigenvalue weighted by atomic mass is 9.78. The van der Waals surface area contributed by atoms with Crippen LogP contribution in [0.1, 0.15) is 57.6 Å². The van der Waals surface area contributed by atoms with Crippen molar-refractivity contribution in [1.29, 1.82) is 0 Å². The van der Waals surface area contributed by atoms with E-state index >= 15 is 0 Å². The van der Waals surface area contributed by atoms with Crippen LogP contribution in [0.3, 0.4) is 0 Å². The van der Waals surface area contributed by atoms with Crippen LogP contribution >= 0.6 is 0 Å². The molecular formula is C22H29FN4. The van der Waals surface area contributed by atoms with E-state index in [9.17, 15) is 4.39 Å². The molecule has 1 aliphatic carbocycles. The minimum atomic E-state index is -0.237. The summed E-state index contributed by atoms with van der Waals surface area (Å²) in [7, 11) is 0. The zero-order chi connectivity index (χ0) is 18.6. The van der Waals surface area contributed by atoms with Gasteiger partial charge >= 0.3 is 0 Å². The van der Waals surface area contributed by atoms with Gasteiger partial charge in [0.1, 0.15) is 11.6 Å². The fraction of sp³-hybridized carbons (Fsp3) is 0.545. The predicted octanol–water partition coefficient (Wildman–Crippen LogP) is 5.47. The second kappa shape index (κ2) is 8.24. The Kier molecular flexibility index (Phi) is 5.55. The van der Waals surface area contributed by atoms with E-state index in [-0.39, 0.29) is 5.82 Å². The van der Waals surface area contributed by atoms with Crippen LogP contribution in [0.5, 0.6) is 0 Å². The van der Waals surface area contributed by atoms with Gasteiger partial charge in [-0.25, -0.2) is 9.37 Å². The van der Waals surface area contributed by atoms with Crippen molar-refractivity contribution in [3.05, 3.63) is 41.8 Å². The highest BCUT2D eigenvalue weighted by Gasteiger charge is 2.34. The first-order valence-corrected chi connectivity index (χ1v) is 10.4. The maximum atomic E-state index is 13.2. The lowest BCUT2D eigenvalue weighted by Gasteiger charge is -2.44. The van der Waals surface area contributed by atoms with Gasteiger partial charge in [0, 0.05) is 30.0 Å². The smallest absolute Gasteiger partial charge is 0.229 e. The number of piperidine rings is 1. The van der Waals surface area contributed by atoms with Gasteiger partial charge in [-0.2, -0.15) is 4.98 Å². The van der Waals surface area contributed by atoms with Crippen LogP contribution in [-0.2, 0) is 6.42 Å². The summed E-state index contributed by atoms with van der Waals surface area (Å²) in [6.45, 7) is 3.26. The van der Waals surface area contributed by atoms with Crippen LogP contribution < -0.4 is 10.2 Å². The Labute approximate surface area is 161 Å². The second-order valence-electron chi connectivity index (χ2n) is 7.87. The summed E-state index contributed by atoms with van der Waals surface area (Å²) >= 11 is 0. The van der Waals surface area contributed by atoms with E-state index in [0.29, 0.717) is 12.0 Å². The largest absolute Gasteiger partial charge is 0.353 e. The summed E-state index contributed by atoms with van der Waals surface area (Å²) in [5, 5.41) is 3.27. The van der Waals surface area contributed by atoms with E-state index in [1.54, 1.807) is 12.1 Å². The third-order valence-corrected chi connectivity index (χ3v) is 5.91. The third-order valence-electron chi connectivity index (χ3n) is 5.91. The average Bonchev–Trinajstić information content (AvgIpc) is 2.69. The Morgan fingerprint density at radius 2 is 1.85 bits per heavy atom. The number of fused-ring (bicyclic) bond motifs is 1. The van der Waals surface area contributed by atoms with Crippen LogP contribution in [0.15, 0.2) is 30.3 Å². The Balaban J connectivity index is 1.62.